The predicted octanol–water partition coefficient (Wildman–Crippen LogP) is 3.23. The lowest BCUT2D eigenvalue weighted by molar-refractivity contribution is -0.146. The van der Waals surface area contributed by atoms with Crippen LogP contribution in [0.25, 0.3) is 0 Å². The Morgan fingerprint density at radius 3 is 1.52 bits per heavy atom. The Morgan fingerprint density at radius 1 is 0.920 bits per heavy atom. The van der Waals surface area contributed by atoms with Gasteiger partial charge in [-0.2, -0.15) is 0 Å². The molecule has 0 amide bonds. The molecule has 0 bridgehead atoms. The van der Waals surface area contributed by atoms with Crippen molar-refractivity contribution in [2.75, 3.05) is 26.4 Å². The molecule has 0 radical (unpaired) electrons. The van der Waals surface area contributed by atoms with E-state index in [0.717, 1.165) is 0 Å². The lowest BCUT2D eigenvalue weighted by atomic mass is 10.2. The zero-order valence-electron chi connectivity index (χ0n) is 15.7. The van der Waals surface area contributed by atoms with Crippen LogP contribution in [0.5, 0.6) is 0 Å². The van der Waals surface area contributed by atoms with Crippen molar-refractivity contribution < 1.29 is 28.5 Å². The maximum absolute atomic E-state index is 11.4. The summed E-state index contributed by atoms with van der Waals surface area (Å²) in [6.45, 7) is 17.2. The van der Waals surface area contributed by atoms with Gasteiger partial charge in [0.2, 0.25) is 0 Å². The van der Waals surface area contributed by atoms with E-state index >= 15 is 0 Å². The SMILES string of the molecule is C=C(C)C(=O)OC(C)COCC(C)(I)COCC(C)OC(=O)C(=C)C. The minimum Gasteiger partial charge on any atom is -0.457 e. The summed E-state index contributed by atoms with van der Waals surface area (Å²) in [5.41, 5.74) is 0.723. The third-order valence-corrected chi connectivity index (χ3v) is 3.45. The van der Waals surface area contributed by atoms with E-state index in [0.29, 0.717) is 37.6 Å². The highest BCUT2D eigenvalue weighted by Gasteiger charge is 2.23. The van der Waals surface area contributed by atoms with Crippen molar-refractivity contribution in [3.05, 3.63) is 24.3 Å². The van der Waals surface area contributed by atoms with E-state index in [2.05, 4.69) is 35.7 Å². The van der Waals surface area contributed by atoms with Gasteiger partial charge >= 0.3 is 11.9 Å². The Hall–Kier alpha value is -0.930. The van der Waals surface area contributed by atoms with E-state index in [4.69, 9.17) is 18.9 Å². The molecule has 25 heavy (non-hydrogen) atoms. The summed E-state index contributed by atoms with van der Waals surface area (Å²) in [5, 5.41) is 0. The van der Waals surface area contributed by atoms with Gasteiger partial charge in [0.05, 0.1) is 29.8 Å². The van der Waals surface area contributed by atoms with E-state index in [1.807, 2.05) is 6.92 Å². The summed E-state index contributed by atoms with van der Waals surface area (Å²) in [6.07, 6.45) is -0.696. The van der Waals surface area contributed by atoms with Gasteiger partial charge in [0.1, 0.15) is 12.2 Å². The molecule has 0 N–H and O–H groups in total. The molecule has 2 atom stereocenters. The summed E-state index contributed by atoms with van der Waals surface area (Å²) < 4.78 is 21.2. The molecule has 0 aliphatic rings. The topological polar surface area (TPSA) is 71.1 Å². The lowest BCUT2D eigenvalue weighted by Crippen LogP contribution is -2.33. The van der Waals surface area contributed by atoms with Crippen LogP contribution in [0.3, 0.4) is 0 Å². The number of hydrogen-bond donors (Lipinski definition) is 0. The van der Waals surface area contributed by atoms with E-state index < -0.39 is 11.9 Å². The number of hydrogen-bond acceptors (Lipinski definition) is 6. The first-order valence-electron chi connectivity index (χ1n) is 8.02. The molecular formula is C18H29IO6. The number of ether oxygens (including phenoxy) is 4. The fourth-order valence-electron chi connectivity index (χ4n) is 1.55. The Labute approximate surface area is 164 Å². The zero-order valence-corrected chi connectivity index (χ0v) is 17.9. The van der Waals surface area contributed by atoms with Crippen molar-refractivity contribution in [3.63, 3.8) is 0 Å². The van der Waals surface area contributed by atoms with Gasteiger partial charge in [0, 0.05) is 11.1 Å². The first kappa shape index (κ1) is 24.1. The Balaban J connectivity index is 4.01. The average Bonchev–Trinajstić information content (AvgIpc) is 2.46. The summed E-state index contributed by atoms with van der Waals surface area (Å²) in [4.78, 5) is 22.8. The number of rotatable bonds is 12. The quantitative estimate of drug-likeness (QED) is 0.190. The summed E-state index contributed by atoms with van der Waals surface area (Å²) in [5.74, 6) is -0.843. The molecule has 0 heterocycles. The second kappa shape index (κ2) is 11.6. The van der Waals surface area contributed by atoms with E-state index in [9.17, 15) is 9.59 Å². The summed E-state index contributed by atoms with van der Waals surface area (Å²) in [6, 6.07) is 0. The third-order valence-electron chi connectivity index (χ3n) is 2.82. The fourth-order valence-corrected chi connectivity index (χ4v) is 1.99. The van der Waals surface area contributed by atoms with Crippen molar-refractivity contribution in [2.45, 2.75) is 50.2 Å². The molecule has 7 heteroatoms. The van der Waals surface area contributed by atoms with Crippen LogP contribution in [0.15, 0.2) is 24.3 Å². The third kappa shape index (κ3) is 12.1. The maximum Gasteiger partial charge on any atom is 0.333 e. The molecule has 2 unspecified atom stereocenters. The van der Waals surface area contributed by atoms with Gasteiger partial charge in [-0.15, -0.1) is 0 Å². The van der Waals surface area contributed by atoms with E-state index in [1.165, 1.54) is 0 Å². The predicted molar refractivity (Wildman–Crippen MR) is 105 cm³/mol. The summed E-state index contributed by atoms with van der Waals surface area (Å²) in [7, 11) is 0. The molecule has 0 rings (SSSR count). The molecule has 0 aliphatic carbocycles. The van der Waals surface area contributed by atoms with Gasteiger partial charge in [-0.1, -0.05) is 35.7 Å². The molecule has 0 saturated carbocycles. The fraction of sp³-hybridized carbons (Fsp3) is 0.667. The molecule has 0 aromatic heterocycles. The van der Waals surface area contributed by atoms with Crippen molar-refractivity contribution in [1.29, 1.82) is 0 Å². The highest BCUT2D eigenvalue weighted by atomic mass is 127. The first-order valence-corrected chi connectivity index (χ1v) is 9.10. The molecule has 144 valence electrons. The van der Waals surface area contributed by atoms with Crippen LogP contribution >= 0.6 is 22.6 Å². The zero-order chi connectivity index (χ0) is 19.6. The minimum atomic E-state index is -0.421. The van der Waals surface area contributed by atoms with Gasteiger partial charge < -0.3 is 18.9 Å². The number of carbonyl (C=O) groups excluding carboxylic acids is 2. The van der Waals surface area contributed by atoms with E-state index in [-0.39, 0.29) is 15.6 Å². The molecule has 0 spiro atoms. The number of esters is 2. The van der Waals surface area contributed by atoms with Gasteiger partial charge in [-0.05, 0) is 34.6 Å². The van der Waals surface area contributed by atoms with Crippen LogP contribution in [0.4, 0.5) is 0 Å². The van der Waals surface area contributed by atoms with Crippen LogP contribution in [0, 0.1) is 0 Å². The monoisotopic (exact) mass is 468 g/mol. The van der Waals surface area contributed by atoms with Crippen molar-refractivity contribution >= 4 is 34.5 Å². The number of carbonyl (C=O) groups is 2. The second-order valence-electron chi connectivity index (χ2n) is 6.44. The molecule has 6 nitrogen and oxygen atoms in total. The molecule has 0 aromatic carbocycles. The van der Waals surface area contributed by atoms with Gasteiger partial charge in [0.25, 0.3) is 0 Å². The number of halogens is 1. The van der Waals surface area contributed by atoms with Crippen LogP contribution in [0.2, 0.25) is 0 Å². The van der Waals surface area contributed by atoms with Crippen LogP contribution in [-0.2, 0) is 28.5 Å². The van der Waals surface area contributed by atoms with Crippen LogP contribution in [-0.4, -0.2) is 54.0 Å². The molecule has 0 aliphatic heterocycles. The normalized spacial score (nSPS) is 15.6. The minimum absolute atomic E-state index is 0.256. The number of alkyl halides is 1. The van der Waals surface area contributed by atoms with Gasteiger partial charge in [0.15, 0.2) is 0 Å². The maximum atomic E-state index is 11.4. The van der Waals surface area contributed by atoms with Crippen molar-refractivity contribution in [3.8, 4) is 0 Å². The molecule has 0 aromatic rings. The highest BCUT2D eigenvalue weighted by molar-refractivity contribution is 14.1. The van der Waals surface area contributed by atoms with Crippen molar-refractivity contribution in [2.24, 2.45) is 0 Å². The smallest absolute Gasteiger partial charge is 0.333 e. The Morgan fingerprint density at radius 2 is 1.24 bits per heavy atom. The first-order chi connectivity index (χ1) is 11.4. The van der Waals surface area contributed by atoms with Crippen LogP contribution < -0.4 is 0 Å². The van der Waals surface area contributed by atoms with Crippen LogP contribution in [0.1, 0.15) is 34.6 Å². The van der Waals surface area contributed by atoms with Gasteiger partial charge in [-0.25, -0.2) is 9.59 Å². The Kier molecular flexibility index (Phi) is 11.2. The summed E-state index contributed by atoms with van der Waals surface area (Å²) >= 11 is 2.25. The largest absolute Gasteiger partial charge is 0.457 e. The Bertz CT molecular complexity index is 444. The van der Waals surface area contributed by atoms with E-state index in [1.54, 1.807) is 27.7 Å². The lowest BCUT2D eigenvalue weighted by Gasteiger charge is -2.24. The average molecular weight is 468 g/mol. The van der Waals surface area contributed by atoms with Gasteiger partial charge in [-0.3, -0.25) is 0 Å². The van der Waals surface area contributed by atoms with Crippen molar-refractivity contribution in [1.82, 2.24) is 0 Å². The second-order valence-corrected chi connectivity index (χ2v) is 9.04. The molecular weight excluding hydrogens is 439 g/mol. The highest BCUT2D eigenvalue weighted by Crippen LogP contribution is 2.19. The standard InChI is InChI=1S/C18H29IO6/c1-12(2)16(20)24-14(5)8-22-10-18(7,19)11-23-9-15(6)25-17(21)13(3)4/h14-15H,1,3,8-11H2,2,4-7H3. The molecule has 0 fully saturated rings. The molecule has 0 saturated heterocycles.